The first kappa shape index (κ1) is 17.8. The number of aliphatic hydroxyl groups is 1. The zero-order valence-corrected chi connectivity index (χ0v) is 15.8. The minimum Gasteiger partial charge on any atom is -0.396 e. The van der Waals surface area contributed by atoms with Crippen LogP contribution in [0.3, 0.4) is 0 Å². The molecule has 0 aliphatic carbocycles. The van der Waals surface area contributed by atoms with Gasteiger partial charge >= 0.3 is 0 Å². The molecule has 0 aromatic carbocycles. The first-order valence-electron chi connectivity index (χ1n) is 8.97. The Balaban J connectivity index is 1.63. The Hall–Kier alpha value is -2.58. The van der Waals surface area contributed by atoms with E-state index in [2.05, 4.69) is 20.3 Å². The van der Waals surface area contributed by atoms with Gasteiger partial charge in [0.2, 0.25) is 5.95 Å². The Morgan fingerprint density at radius 1 is 1.44 bits per heavy atom. The van der Waals surface area contributed by atoms with Crippen LogP contribution in [0, 0.1) is 5.92 Å². The molecule has 0 saturated carbocycles. The van der Waals surface area contributed by atoms with Crippen LogP contribution >= 0.6 is 11.3 Å². The van der Waals surface area contributed by atoms with Gasteiger partial charge in [-0.3, -0.25) is 9.78 Å². The molecule has 1 fully saturated rings. The average Bonchev–Trinajstić information content (AvgIpc) is 3.36. The van der Waals surface area contributed by atoms with E-state index in [0.717, 1.165) is 22.2 Å². The molecule has 1 amide bonds. The first-order chi connectivity index (χ1) is 13.2. The lowest BCUT2D eigenvalue weighted by atomic mass is 10.1. The van der Waals surface area contributed by atoms with E-state index < -0.39 is 0 Å². The number of likely N-dealkylation sites (tertiary alicyclic amines) is 1. The molecule has 1 saturated heterocycles. The van der Waals surface area contributed by atoms with E-state index in [-0.39, 0.29) is 24.5 Å². The van der Waals surface area contributed by atoms with Crippen molar-refractivity contribution < 1.29 is 9.90 Å². The summed E-state index contributed by atoms with van der Waals surface area (Å²) < 4.78 is 0.798. The van der Waals surface area contributed by atoms with Gasteiger partial charge in [0.25, 0.3) is 5.91 Å². The van der Waals surface area contributed by atoms with Gasteiger partial charge in [0, 0.05) is 38.0 Å². The third-order valence-electron chi connectivity index (χ3n) is 4.87. The molecular weight excluding hydrogens is 362 g/mol. The van der Waals surface area contributed by atoms with Crippen LogP contribution in [0.2, 0.25) is 0 Å². The number of aromatic nitrogens is 3. The fourth-order valence-electron chi connectivity index (χ4n) is 3.30. The van der Waals surface area contributed by atoms with Crippen molar-refractivity contribution in [3.63, 3.8) is 0 Å². The molecule has 27 heavy (non-hydrogen) atoms. The van der Waals surface area contributed by atoms with Gasteiger partial charge in [-0.05, 0) is 36.4 Å². The maximum atomic E-state index is 13.1. The molecule has 1 aliphatic rings. The summed E-state index contributed by atoms with van der Waals surface area (Å²) in [5.41, 5.74) is 2.20. The Morgan fingerprint density at radius 3 is 3.07 bits per heavy atom. The Kier molecular flexibility index (Phi) is 5.00. The molecule has 2 N–H and O–H groups in total. The Labute approximate surface area is 161 Å². The summed E-state index contributed by atoms with van der Waals surface area (Å²) >= 11 is 1.47. The van der Waals surface area contributed by atoms with Crippen molar-refractivity contribution in [3.8, 4) is 0 Å². The van der Waals surface area contributed by atoms with Crippen molar-refractivity contribution in [2.24, 2.45) is 5.92 Å². The second-order valence-corrected chi connectivity index (χ2v) is 7.69. The van der Waals surface area contributed by atoms with Crippen LogP contribution in [-0.4, -0.2) is 50.6 Å². The smallest absolute Gasteiger partial charge is 0.274 e. The SMILES string of the molecule is C[C@H](Nc1nc(C(=O)N2CCC(CO)C2)c2sccc2n1)c1cccnc1. The lowest BCUT2D eigenvalue weighted by molar-refractivity contribution is 0.0778. The van der Waals surface area contributed by atoms with Crippen LogP contribution in [0.15, 0.2) is 36.0 Å². The number of hydrogen-bond acceptors (Lipinski definition) is 7. The molecule has 2 atom stereocenters. The van der Waals surface area contributed by atoms with Gasteiger partial charge in [-0.2, -0.15) is 0 Å². The topological polar surface area (TPSA) is 91.2 Å². The van der Waals surface area contributed by atoms with Gasteiger partial charge in [0.1, 0.15) is 0 Å². The Morgan fingerprint density at radius 2 is 2.33 bits per heavy atom. The summed E-state index contributed by atoms with van der Waals surface area (Å²) in [6.07, 6.45) is 4.35. The van der Waals surface area contributed by atoms with Crippen molar-refractivity contribution in [2.75, 3.05) is 25.0 Å². The fourth-order valence-corrected chi connectivity index (χ4v) is 4.11. The highest BCUT2D eigenvalue weighted by Crippen LogP contribution is 2.27. The number of anilines is 1. The minimum atomic E-state index is -0.0992. The van der Waals surface area contributed by atoms with Gasteiger partial charge in [-0.25, -0.2) is 9.97 Å². The third kappa shape index (κ3) is 3.63. The van der Waals surface area contributed by atoms with Crippen LogP contribution in [-0.2, 0) is 0 Å². The summed E-state index contributed by atoms with van der Waals surface area (Å²) in [5, 5.41) is 14.5. The van der Waals surface area contributed by atoms with Gasteiger partial charge < -0.3 is 15.3 Å². The van der Waals surface area contributed by atoms with Crippen LogP contribution in [0.1, 0.15) is 35.4 Å². The van der Waals surface area contributed by atoms with Crippen LogP contribution in [0.5, 0.6) is 0 Å². The normalized spacial score (nSPS) is 18.0. The number of fused-ring (bicyclic) bond motifs is 1. The van der Waals surface area contributed by atoms with Gasteiger partial charge in [-0.1, -0.05) is 6.07 Å². The van der Waals surface area contributed by atoms with Crippen molar-refractivity contribution in [2.45, 2.75) is 19.4 Å². The fraction of sp³-hybridized carbons (Fsp3) is 0.368. The van der Waals surface area contributed by atoms with Crippen LogP contribution in [0.25, 0.3) is 10.2 Å². The highest BCUT2D eigenvalue weighted by Gasteiger charge is 2.29. The Bertz CT molecular complexity index is 946. The largest absolute Gasteiger partial charge is 0.396 e. The molecule has 3 aromatic heterocycles. The van der Waals surface area contributed by atoms with E-state index in [1.54, 1.807) is 17.3 Å². The van der Waals surface area contributed by atoms with Crippen LogP contribution in [0.4, 0.5) is 5.95 Å². The molecule has 7 nitrogen and oxygen atoms in total. The van der Waals surface area contributed by atoms with E-state index in [1.807, 2.05) is 30.5 Å². The average molecular weight is 383 g/mol. The monoisotopic (exact) mass is 383 g/mol. The summed E-state index contributed by atoms with van der Waals surface area (Å²) in [4.78, 5) is 28.1. The summed E-state index contributed by atoms with van der Waals surface area (Å²) in [6.45, 7) is 3.33. The summed E-state index contributed by atoms with van der Waals surface area (Å²) in [5.74, 6) is 0.481. The number of carbonyl (C=O) groups is 1. The second-order valence-electron chi connectivity index (χ2n) is 6.77. The van der Waals surface area contributed by atoms with Crippen molar-refractivity contribution >= 4 is 33.4 Å². The lowest BCUT2D eigenvalue weighted by Crippen LogP contribution is -2.30. The molecule has 1 unspecified atom stereocenters. The zero-order chi connectivity index (χ0) is 18.8. The van der Waals surface area contributed by atoms with Crippen molar-refractivity contribution in [1.29, 1.82) is 0 Å². The molecule has 0 radical (unpaired) electrons. The van der Waals surface area contributed by atoms with Crippen molar-refractivity contribution in [3.05, 3.63) is 47.2 Å². The molecule has 4 heterocycles. The zero-order valence-electron chi connectivity index (χ0n) is 15.0. The number of thiophene rings is 1. The van der Waals surface area contributed by atoms with E-state index in [0.29, 0.717) is 24.7 Å². The molecule has 8 heteroatoms. The van der Waals surface area contributed by atoms with Gasteiger partial charge in [0.15, 0.2) is 5.69 Å². The first-order valence-corrected chi connectivity index (χ1v) is 9.85. The summed E-state index contributed by atoms with van der Waals surface area (Å²) in [6, 6.07) is 5.73. The number of amides is 1. The van der Waals surface area contributed by atoms with Crippen LogP contribution < -0.4 is 5.32 Å². The highest BCUT2D eigenvalue weighted by molar-refractivity contribution is 7.17. The maximum absolute atomic E-state index is 13.1. The van der Waals surface area contributed by atoms with E-state index in [4.69, 9.17) is 0 Å². The van der Waals surface area contributed by atoms with Crippen molar-refractivity contribution in [1.82, 2.24) is 19.9 Å². The number of carbonyl (C=O) groups excluding carboxylic acids is 1. The minimum absolute atomic E-state index is 0.0386. The number of nitrogens with zero attached hydrogens (tertiary/aromatic N) is 4. The van der Waals surface area contributed by atoms with Gasteiger partial charge in [-0.15, -0.1) is 11.3 Å². The number of aliphatic hydroxyl groups excluding tert-OH is 1. The number of hydrogen-bond donors (Lipinski definition) is 2. The molecule has 140 valence electrons. The van der Waals surface area contributed by atoms with Gasteiger partial charge in [0.05, 0.1) is 16.3 Å². The van der Waals surface area contributed by atoms with E-state index in [1.165, 1.54) is 11.3 Å². The maximum Gasteiger partial charge on any atom is 0.274 e. The van der Waals surface area contributed by atoms with E-state index >= 15 is 0 Å². The number of nitrogens with one attached hydrogen (secondary N) is 1. The highest BCUT2D eigenvalue weighted by atomic mass is 32.1. The standard InChI is InChI=1S/C19H21N5O2S/c1-12(14-3-2-6-20-9-14)21-19-22-15-5-8-27-17(15)16(23-19)18(26)24-7-4-13(10-24)11-25/h2-3,5-6,8-9,12-13,25H,4,7,10-11H2,1H3,(H,21,22,23)/t12-,13?/m0/s1. The molecule has 0 bridgehead atoms. The summed E-state index contributed by atoms with van der Waals surface area (Å²) in [7, 11) is 0. The molecule has 3 aromatic rings. The number of pyridine rings is 1. The predicted octanol–water partition coefficient (Wildman–Crippen LogP) is 2.71. The van der Waals surface area contributed by atoms with E-state index in [9.17, 15) is 9.90 Å². The molecule has 0 spiro atoms. The molecule has 1 aliphatic heterocycles. The molecule has 4 rings (SSSR count). The third-order valence-corrected chi connectivity index (χ3v) is 5.78. The number of rotatable bonds is 5. The lowest BCUT2D eigenvalue weighted by Gasteiger charge is -2.18. The quantitative estimate of drug-likeness (QED) is 0.704. The second kappa shape index (κ2) is 7.58. The predicted molar refractivity (Wildman–Crippen MR) is 105 cm³/mol. The molecular formula is C19H21N5O2S.